The summed E-state index contributed by atoms with van der Waals surface area (Å²) in [6, 6.07) is 0.469. The second kappa shape index (κ2) is 8.47. The molecule has 0 amide bonds. The summed E-state index contributed by atoms with van der Waals surface area (Å²) in [4.78, 5) is 17.1. The minimum absolute atomic E-state index is 0. The number of aromatic nitrogens is 1. The molecule has 7 heteroatoms. The highest BCUT2D eigenvalue weighted by Gasteiger charge is 2.19. The zero-order valence-electron chi connectivity index (χ0n) is 10.7. The van der Waals surface area contributed by atoms with Gasteiger partial charge in [0.2, 0.25) is 0 Å². The quantitative estimate of drug-likeness (QED) is 0.835. The molecule has 1 aromatic rings. The Balaban J connectivity index is 0.00000180. The van der Waals surface area contributed by atoms with E-state index in [9.17, 15) is 4.79 Å². The van der Waals surface area contributed by atoms with Crippen LogP contribution in [0, 0.1) is 0 Å². The molecule has 0 atom stereocenters. The van der Waals surface area contributed by atoms with E-state index < -0.39 is 5.97 Å². The smallest absolute Gasteiger partial charge is 0.304 e. The molecule has 19 heavy (non-hydrogen) atoms. The molecule has 0 radical (unpaired) electrons. The van der Waals surface area contributed by atoms with E-state index in [2.05, 4.69) is 20.6 Å². The maximum Gasteiger partial charge on any atom is 0.304 e. The van der Waals surface area contributed by atoms with Crippen LogP contribution in [-0.2, 0) is 11.3 Å². The average molecular weight is 306 g/mol. The fourth-order valence-corrected chi connectivity index (χ4v) is 2.77. The standard InChI is InChI=1S/C12H19N3O2S.ClH/c16-12(17)1-4-13-10-2-5-15(6-3-10)7-11-8-18-9-14-11;/h8-10,13H,1-7H2,(H,16,17);1H. The first-order valence-corrected chi connectivity index (χ1v) is 7.23. The van der Waals surface area contributed by atoms with Crippen molar-refractivity contribution < 1.29 is 9.90 Å². The molecule has 1 saturated heterocycles. The van der Waals surface area contributed by atoms with E-state index in [4.69, 9.17) is 5.11 Å². The lowest BCUT2D eigenvalue weighted by Crippen LogP contribution is -2.42. The Morgan fingerprint density at radius 2 is 2.26 bits per heavy atom. The number of rotatable bonds is 6. The number of carbonyl (C=O) groups is 1. The number of aliphatic carboxylic acids is 1. The van der Waals surface area contributed by atoms with Gasteiger partial charge in [0.05, 0.1) is 17.6 Å². The van der Waals surface area contributed by atoms with Crippen molar-refractivity contribution >= 4 is 29.7 Å². The molecular weight excluding hydrogens is 286 g/mol. The predicted octanol–water partition coefficient (Wildman–Crippen LogP) is 1.59. The van der Waals surface area contributed by atoms with Crippen LogP contribution in [0.4, 0.5) is 0 Å². The Morgan fingerprint density at radius 1 is 1.53 bits per heavy atom. The Morgan fingerprint density at radius 3 is 2.84 bits per heavy atom. The van der Waals surface area contributed by atoms with Crippen LogP contribution < -0.4 is 5.32 Å². The Bertz CT molecular complexity index is 367. The van der Waals surface area contributed by atoms with Gasteiger partial charge in [-0.1, -0.05) is 0 Å². The molecule has 0 saturated carbocycles. The van der Waals surface area contributed by atoms with Gasteiger partial charge in [0.1, 0.15) is 0 Å². The fraction of sp³-hybridized carbons (Fsp3) is 0.667. The van der Waals surface area contributed by atoms with E-state index in [1.807, 2.05) is 5.51 Å². The number of nitrogens with one attached hydrogen (secondary N) is 1. The van der Waals surface area contributed by atoms with E-state index in [1.165, 1.54) is 0 Å². The number of carboxylic acid groups (broad SMARTS) is 1. The Kier molecular flexibility index (Phi) is 7.30. The van der Waals surface area contributed by atoms with Gasteiger partial charge in [0.15, 0.2) is 0 Å². The summed E-state index contributed by atoms with van der Waals surface area (Å²) in [7, 11) is 0. The molecule has 0 unspecified atom stereocenters. The summed E-state index contributed by atoms with van der Waals surface area (Å²) < 4.78 is 0. The fourth-order valence-electron chi connectivity index (χ4n) is 2.22. The van der Waals surface area contributed by atoms with Gasteiger partial charge in [-0.3, -0.25) is 9.69 Å². The van der Waals surface area contributed by atoms with Crippen molar-refractivity contribution in [3.63, 3.8) is 0 Å². The number of likely N-dealkylation sites (tertiary alicyclic amines) is 1. The molecule has 1 aromatic heterocycles. The number of piperidine rings is 1. The SMILES string of the molecule is Cl.O=C(O)CCNC1CCN(Cc2cscn2)CC1. The van der Waals surface area contributed by atoms with Gasteiger partial charge in [-0.15, -0.1) is 23.7 Å². The van der Waals surface area contributed by atoms with E-state index >= 15 is 0 Å². The number of carboxylic acids is 1. The van der Waals surface area contributed by atoms with Crippen molar-refractivity contribution in [2.45, 2.75) is 31.8 Å². The highest BCUT2D eigenvalue weighted by molar-refractivity contribution is 7.07. The number of nitrogens with zero attached hydrogens (tertiary/aromatic N) is 2. The van der Waals surface area contributed by atoms with E-state index in [0.29, 0.717) is 12.6 Å². The zero-order valence-corrected chi connectivity index (χ0v) is 12.4. The normalized spacial score (nSPS) is 17.1. The van der Waals surface area contributed by atoms with Gasteiger partial charge in [-0.25, -0.2) is 4.98 Å². The van der Waals surface area contributed by atoms with Gasteiger partial charge in [-0.2, -0.15) is 0 Å². The Labute approximate surface area is 123 Å². The topological polar surface area (TPSA) is 65.5 Å². The lowest BCUT2D eigenvalue weighted by atomic mass is 10.0. The van der Waals surface area contributed by atoms with Crippen LogP contribution in [0.15, 0.2) is 10.9 Å². The van der Waals surface area contributed by atoms with Crippen LogP contribution in [-0.4, -0.2) is 46.6 Å². The molecule has 1 fully saturated rings. The van der Waals surface area contributed by atoms with Crippen molar-refractivity contribution in [1.29, 1.82) is 0 Å². The van der Waals surface area contributed by atoms with E-state index in [-0.39, 0.29) is 18.8 Å². The van der Waals surface area contributed by atoms with Crippen LogP contribution in [0.1, 0.15) is 25.0 Å². The molecule has 2 N–H and O–H groups in total. The van der Waals surface area contributed by atoms with Gasteiger partial charge in [-0.05, 0) is 12.8 Å². The molecule has 2 heterocycles. The highest BCUT2D eigenvalue weighted by Crippen LogP contribution is 2.13. The second-order valence-electron chi connectivity index (χ2n) is 4.63. The summed E-state index contributed by atoms with van der Waals surface area (Å²) >= 11 is 1.64. The van der Waals surface area contributed by atoms with Crippen LogP contribution in [0.25, 0.3) is 0 Å². The van der Waals surface area contributed by atoms with Gasteiger partial charge < -0.3 is 10.4 Å². The number of halogens is 1. The average Bonchev–Trinajstić information content (AvgIpc) is 2.84. The van der Waals surface area contributed by atoms with Crippen LogP contribution in [0.3, 0.4) is 0 Å². The summed E-state index contributed by atoms with van der Waals surface area (Å²) in [5, 5.41) is 14.0. The lowest BCUT2D eigenvalue weighted by molar-refractivity contribution is -0.136. The maximum atomic E-state index is 10.4. The first-order chi connectivity index (χ1) is 8.74. The second-order valence-corrected chi connectivity index (χ2v) is 5.35. The van der Waals surface area contributed by atoms with E-state index in [0.717, 1.165) is 38.2 Å². The zero-order chi connectivity index (χ0) is 12.8. The third kappa shape index (κ3) is 5.86. The molecule has 0 aromatic carbocycles. The Hall–Kier alpha value is -0.690. The minimum atomic E-state index is -0.733. The van der Waals surface area contributed by atoms with Crippen molar-refractivity contribution in [1.82, 2.24) is 15.2 Å². The first kappa shape index (κ1) is 16.4. The largest absolute Gasteiger partial charge is 0.481 e. The summed E-state index contributed by atoms with van der Waals surface area (Å²) in [5.41, 5.74) is 3.02. The van der Waals surface area contributed by atoms with Crippen LogP contribution in [0.2, 0.25) is 0 Å². The monoisotopic (exact) mass is 305 g/mol. The van der Waals surface area contributed by atoms with Crippen molar-refractivity contribution in [2.24, 2.45) is 0 Å². The number of hydrogen-bond donors (Lipinski definition) is 2. The highest BCUT2D eigenvalue weighted by atomic mass is 35.5. The molecule has 0 aliphatic carbocycles. The molecular formula is C12H20ClN3O2S. The lowest BCUT2D eigenvalue weighted by Gasteiger charge is -2.31. The molecule has 2 rings (SSSR count). The third-order valence-corrected chi connectivity index (χ3v) is 3.86. The predicted molar refractivity (Wildman–Crippen MR) is 77.9 cm³/mol. The first-order valence-electron chi connectivity index (χ1n) is 6.28. The molecule has 1 aliphatic rings. The number of thiazole rings is 1. The summed E-state index contributed by atoms with van der Waals surface area (Å²) in [6.07, 6.45) is 2.38. The van der Waals surface area contributed by atoms with Crippen molar-refractivity contribution in [3.8, 4) is 0 Å². The molecule has 0 bridgehead atoms. The number of hydrogen-bond acceptors (Lipinski definition) is 5. The molecule has 5 nitrogen and oxygen atoms in total. The summed E-state index contributed by atoms with van der Waals surface area (Å²) in [6.45, 7) is 3.63. The maximum absolute atomic E-state index is 10.4. The van der Waals surface area contributed by atoms with E-state index in [1.54, 1.807) is 11.3 Å². The van der Waals surface area contributed by atoms with Gasteiger partial charge in [0.25, 0.3) is 0 Å². The van der Waals surface area contributed by atoms with Crippen molar-refractivity contribution in [2.75, 3.05) is 19.6 Å². The van der Waals surface area contributed by atoms with Crippen LogP contribution >= 0.6 is 23.7 Å². The summed E-state index contributed by atoms with van der Waals surface area (Å²) in [5.74, 6) is -0.733. The van der Waals surface area contributed by atoms with Crippen LogP contribution in [0.5, 0.6) is 0 Å². The van der Waals surface area contributed by atoms with Gasteiger partial charge >= 0.3 is 5.97 Å². The van der Waals surface area contributed by atoms with Crippen molar-refractivity contribution in [3.05, 3.63) is 16.6 Å². The molecule has 108 valence electrons. The van der Waals surface area contributed by atoms with Gasteiger partial charge in [0, 0.05) is 37.6 Å². The molecule has 1 aliphatic heterocycles. The third-order valence-electron chi connectivity index (χ3n) is 3.23. The minimum Gasteiger partial charge on any atom is -0.481 e. The molecule has 0 spiro atoms.